The summed E-state index contributed by atoms with van der Waals surface area (Å²) >= 11 is 1.27. The van der Waals surface area contributed by atoms with Gasteiger partial charge in [-0.25, -0.2) is 14.6 Å². The fraction of sp³-hybridized carbons (Fsp3) is 0.185. The van der Waals surface area contributed by atoms with Gasteiger partial charge >= 0.3 is 11.9 Å². The molecule has 2 aromatic carbocycles. The lowest BCUT2D eigenvalue weighted by Gasteiger charge is -2.14. The monoisotopic (exact) mass is 488 g/mol. The molecular formula is C27H24N2O5S. The Balaban J connectivity index is 1.59. The molecular weight excluding hydrogens is 464 g/mol. The predicted molar refractivity (Wildman–Crippen MR) is 136 cm³/mol. The Morgan fingerprint density at radius 3 is 2.29 bits per heavy atom. The number of anilines is 1. The molecule has 0 unspecified atom stereocenters. The largest absolute Gasteiger partial charge is 0.465 e. The number of carbonyl (C=O) groups excluding carboxylic acids is 3. The van der Waals surface area contributed by atoms with Crippen LogP contribution >= 0.6 is 11.3 Å². The van der Waals surface area contributed by atoms with Crippen LogP contribution in [-0.2, 0) is 14.3 Å². The van der Waals surface area contributed by atoms with E-state index >= 15 is 0 Å². The highest BCUT2D eigenvalue weighted by Crippen LogP contribution is 2.33. The van der Waals surface area contributed by atoms with E-state index in [1.807, 2.05) is 62.4 Å². The van der Waals surface area contributed by atoms with E-state index in [9.17, 15) is 14.4 Å². The molecule has 1 amide bonds. The summed E-state index contributed by atoms with van der Waals surface area (Å²) in [6.45, 7) is 4.95. The summed E-state index contributed by atoms with van der Waals surface area (Å²) in [5.74, 6) is -1.71. The molecule has 0 aliphatic carbocycles. The number of fused-ring (bicyclic) bond motifs is 1. The van der Waals surface area contributed by atoms with Crippen molar-refractivity contribution in [1.82, 2.24) is 4.98 Å². The average molecular weight is 489 g/mol. The fourth-order valence-electron chi connectivity index (χ4n) is 3.88. The first-order valence-electron chi connectivity index (χ1n) is 10.9. The lowest BCUT2D eigenvalue weighted by Crippen LogP contribution is -2.22. The molecule has 8 heteroatoms. The van der Waals surface area contributed by atoms with E-state index in [2.05, 4.69) is 5.32 Å². The van der Waals surface area contributed by atoms with Gasteiger partial charge < -0.3 is 14.8 Å². The van der Waals surface area contributed by atoms with Crippen LogP contribution in [0.3, 0.4) is 0 Å². The summed E-state index contributed by atoms with van der Waals surface area (Å²) in [5, 5.41) is 3.68. The van der Waals surface area contributed by atoms with Crippen molar-refractivity contribution >= 4 is 45.1 Å². The number of carbonyl (C=O) groups is 3. The molecule has 0 saturated heterocycles. The maximum absolute atomic E-state index is 13.2. The van der Waals surface area contributed by atoms with Crippen molar-refractivity contribution in [3.8, 4) is 11.3 Å². The molecule has 0 radical (unpaired) electrons. The SMILES string of the molecule is COC(=O)c1c(NC(=O)COC(=O)c2c(C)c(-c3ccccc3)nc3ccccc23)sc(C)c1C. The number of aryl methyl sites for hydroxylation is 1. The molecule has 0 bridgehead atoms. The molecule has 0 aliphatic rings. The minimum absolute atomic E-state index is 0.304. The van der Waals surface area contributed by atoms with Crippen LogP contribution in [0.1, 0.15) is 36.7 Å². The quantitative estimate of drug-likeness (QED) is 0.362. The van der Waals surface area contributed by atoms with Crippen molar-refractivity contribution in [3.63, 3.8) is 0 Å². The van der Waals surface area contributed by atoms with Crippen molar-refractivity contribution in [2.24, 2.45) is 0 Å². The van der Waals surface area contributed by atoms with Crippen LogP contribution in [0.5, 0.6) is 0 Å². The number of benzene rings is 2. The van der Waals surface area contributed by atoms with Gasteiger partial charge in [-0.3, -0.25) is 4.79 Å². The molecule has 0 saturated carbocycles. The van der Waals surface area contributed by atoms with Gasteiger partial charge in [0.2, 0.25) is 0 Å². The Hall–Kier alpha value is -4.04. The summed E-state index contributed by atoms with van der Waals surface area (Å²) in [7, 11) is 1.28. The van der Waals surface area contributed by atoms with Crippen LogP contribution < -0.4 is 5.32 Å². The number of nitrogens with one attached hydrogen (secondary N) is 1. The van der Waals surface area contributed by atoms with Gasteiger partial charge in [-0.1, -0.05) is 48.5 Å². The van der Waals surface area contributed by atoms with Gasteiger partial charge in [0.05, 0.1) is 29.4 Å². The Morgan fingerprint density at radius 1 is 0.886 bits per heavy atom. The summed E-state index contributed by atoms with van der Waals surface area (Å²) in [6.07, 6.45) is 0. The van der Waals surface area contributed by atoms with Crippen LogP contribution in [-0.4, -0.2) is 36.5 Å². The zero-order valence-corrected chi connectivity index (χ0v) is 20.6. The molecule has 178 valence electrons. The van der Waals surface area contributed by atoms with Gasteiger partial charge in [-0.15, -0.1) is 11.3 Å². The van der Waals surface area contributed by atoms with Gasteiger partial charge in [-0.05, 0) is 38.0 Å². The summed E-state index contributed by atoms with van der Waals surface area (Å²) in [6, 6.07) is 16.9. The Kier molecular flexibility index (Phi) is 6.93. The van der Waals surface area contributed by atoms with Crippen molar-refractivity contribution < 1.29 is 23.9 Å². The first kappa shape index (κ1) is 24.1. The minimum atomic E-state index is -0.625. The second-order valence-electron chi connectivity index (χ2n) is 7.95. The first-order valence-corrected chi connectivity index (χ1v) is 11.7. The molecule has 0 spiro atoms. The number of ether oxygens (including phenoxy) is 2. The molecule has 7 nitrogen and oxygen atoms in total. The molecule has 35 heavy (non-hydrogen) atoms. The maximum Gasteiger partial charge on any atom is 0.341 e. The molecule has 2 aromatic heterocycles. The van der Waals surface area contributed by atoms with Gasteiger partial charge in [0, 0.05) is 15.8 Å². The molecule has 0 fully saturated rings. The molecule has 0 aliphatic heterocycles. The van der Waals surface area contributed by atoms with Crippen LogP contribution in [0.2, 0.25) is 0 Å². The maximum atomic E-state index is 13.2. The third-order valence-electron chi connectivity index (χ3n) is 5.75. The highest BCUT2D eigenvalue weighted by atomic mass is 32.1. The Bertz CT molecular complexity index is 1440. The van der Waals surface area contributed by atoms with Crippen LogP contribution in [0, 0.1) is 20.8 Å². The van der Waals surface area contributed by atoms with Crippen LogP contribution in [0.15, 0.2) is 54.6 Å². The third kappa shape index (κ3) is 4.79. The van der Waals surface area contributed by atoms with E-state index in [4.69, 9.17) is 14.5 Å². The van der Waals surface area contributed by atoms with Crippen LogP contribution in [0.4, 0.5) is 5.00 Å². The standard InChI is InChI=1S/C27H24N2O5S/c1-15-17(3)35-25(23(15)26(31)33-4)29-21(30)14-34-27(32)22-16(2)24(18-10-6-5-7-11-18)28-20-13-9-8-12-19(20)22/h5-13H,14H2,1-4H3,(H,29,30). The summed E-state index contributed by atoms with van der Waals surface area (Å²) in [5.41, 5.74) is 4.27. The number of para-hydroxylation sites is 1. The number of aromatic nitrogens is 1. The average Bonchev–Trinajstić information content (AvgIpc) is 3.14. The van der Waals surface area contributed by atoms with Crippen LogP contribution in [0.25, 0.3) is 22.2 Å². The third-order valence-corrected chi connectivity index (χ3v) is 6.87. The molecule has 4 rings (SSSR count). The number of amides is 1. The fourth-order valence-corrected chi connectivity index (χ4v) is 4.94. The number of pyridine rings is 1. The van der Waals surface area contributed by atoms with Crippen molar-refractivity contribution in [1.29, 1.82) is 0 Å². The van der Waals surface area contributed by atoms with Gasteiger partial charge in [-0.2, -0.15) is 0 Å². The zero-order valence-electron chi connectivity index (χ0n) is 19.8. The normalized spacial score (nSPS) is 10.7. The molecule has 2 heterocycles. The zero-order chi connectivity index (χ0) is 25.1. The van der Waals surface area contributed by atoms with E-state index in [1.165, 1.54) is 18.4 Å². The van der Waals surface area contributed by atoms with Gasteiger partial charge in [0.25, 0.3) is 5.91 Å². The number of nitrogens with zero attached hydrogens (tertiary/aromatic N) is 1. The number of thiophene rings is 1. The van der Waals surface area contributed by atoms with E-state index in [-0.39, 0.29) is 0 Å². The molecule has 0 atom stereocenters. The minimum Gasteiger partial charge on any atom is -0.465 e. The van der Waals surface area contributed by atoms with Crippen molar-refractivity contribution in [2.45, 2.75) is 20.8 Å². The number of methoxy groups -OCH3 is 1. The summed E-state index contributed by atoms with van der Waals surface area (Å²) in [4.78, 5) is 43.6. The Labute approximate surface area is 206 Å². The number of rotatable bonds is 6. The van der Waals surface area contributed by atoms with E-state index in [1.54, 1.807) is 13.0 Å². The highest BCUT2D eigenvalue weighted by molar-refractivity contribution is 7.16. The second kappa shape index (κ2) is 10.1. The lowest BCUT2D eigenvalue weighted by atomic mass is 9.98. The first-order chi connectivity index (χ1) is 16.8. The lowest BCUT2D eigenvalue weighted by molar-refractivity contribution is -0.119. The number of esters is 2. The molecule has 1 N–H and O–H groups in total. The van der Waals surface area contributed by atoms with Crippen molar-refractivity contribution in [2.75, 3.05) is 19.0 Å². The predicted octanol–water partition coefficient (Wildman–Crippen LogP) is 5.47. The summed E-state index contributed by atoms with van der Waals surface area (Å²) < 4.78 is 10.3. The highest BCUT2D eigenvalue weighted by Gasteiger charge is 2.24. The smallest absolute Gasteiger partial charge is 0.341 e. The van der Waals surface area contributed by atoms with E-state index in [0.717, 1.165) is 16.0 Å². The number of hydrogen-bond acceptors (Lipinski definition) is 7. The van der Waals surface area contributed by atoms with Crippen molar-refractivity contribution in [3.05, 3.63) is 81.7 Å². The topological polar surface area (TPSA) is 94.6 Å². The van der Waals surface area contributed by atoms with E-state index < -0.39 is 24.5 Å². The van der Waals surface area contributed by atoms with E-state index in [0.29, 0.717) is 38.3 Å². The van der Waals surface area contributed by atoms with Gasteiger partial charge in [0.15, 0.2) is 6.61 Å². The van der Waals surface area contributed by atoms with Gasteiger partial charge in [0.1, 0.15) is 5.00 Å². The second-order valence-corrected chi connectivity index (χ2v) is 9.17. The molecule has 4 aromatic rings. The Morgan fingerprint density at radius 2 is 1.57 bits per heavy atom. The number of hydrogen-bond donors (Lipinski definition) is 1.